The van der Waals surface area contributed by atoms with Gasteiger partial charge in [-0.25, -0.2) is 0 Å². The zero-order valence-electron chi connectivity index (χ0n) is 3.39. The van der Waals surface area contributed by atoms with Gasteiger partial charge in [0, 0.05) is 0 Å². The molecule has 34 valence electrons. The first-order chi connectivity index (χ1) is 2.89. The van der Waals surface area contributed by atoms with E-state index in [9.17, 15) is 0 Å². The van der Waals surface area contributed by atoms with E-state index in [0.29, 0.717) is 5.37 Å². The average Bonchev–Trinajstić information content (AvgIpc) is 1.86. The molecule has 0 saturated carbocycles. The standard InChI is InChI=1S/C4H7NS/c6-4-2-1-3-5-4/h1,3-6H,2H2. The Labute approximate surface area is 42.8 Å². The topological polar surface area (TPSA) is 12.0 Å². The minimum Gasteiger partial charge on any atom is -0.379 e. The Morgan fingerprint density at radius 1 is 1.83 bits per heavy atom. The molecular formula is C4H7NS. The molecule has 1 N–H and O–H groups in total. The smallest absolute Gasteiger partial charge is 0.0723 e. The maximum absolute atomic E-state index is 4.12. The molecule has 1 rings (SSSR count). The van der Waals surface area contributed by atoms with E-state index >= 15 is 0 Å². The Morgan fingerprint density at radius 2 is 2.67 bits per heavy atom. The lowest BCUT2D eigenvalue weighted by molar-refractivity contribution is 0.856. The summed E-state index contributed by atoms with van der Waals surface area (Å²) >= 11 is 4.12. The third-order valence-corrected chi connectivity index (χ3v) is 1.13. The highest BCUT2D eigenvalue weighted by molar-refractivity contribution is 7.80. The van der Waals surface area contributed by atoms with Crippen LogP contribution in [0.3, 0.4) is 0 Å². The minimum absolute atomic E-state index is 0.380. The summed E-state index contributed by atoms with van der Waals surface area (Å²) < 4.78 is 0. The second-order valence-corrected chi connectivity index (χ2v) is 1.94. The molecule has 1 heterocycles. The quantitative estimate of drug-likeness (QED) is 0.429. The van der Waals surface area contributed by atoms with Crippen LogP contribution in [0, 0.1) is 0 Å². The Bertz CT molecular complexity index is 61.9. The summed E-state index contributed by atoms with van der Waals surface area (Å²) in [4.78, 5) is 0. The summed E-state index contributed by atoms with van der Waals surface area (Å²) in [5.41, 5.74) is 0. The molecule has 1 aliphatic heterocycles. The van der Waals surface area contributed by atoms with Crippen molar-refractivity contribution >= 4 is 12.6 Å². The molecule has 0 radical (unpaired) electrons. The summed E-state index contributed by atoms with van der Waals surface area (Å²) in [5.74, 6) is 0. The van der Waals surface area contributed by atoms with Crippen molar-refractivity contribution in [3.63, 3.8) is 0 Å². The molecule has 0 aromatic rings. The van der Waals surface area contributed by atoms with Crippen molar-refractivity contribution in [3.05, 3.63) is 12.3 Å². The molecule has 6 heavy (non-hydrogen) atoms. The van der Waals surface area contributed by atoms with Crippen molar-refractivity contribution in [2.45, 2.75) is 11.8 Å². The van der Waals surface area contributed by atoms with Crippen LogP contribution in [0.25, 0.3) is 0 Å². The molecule has 0 amide bonds. The average molecular weight is 101 g/mol. The van der Waals surface area contributed by atoms with Gasteiger partial charge in [-0.2, -0.15) is 12.6 Å². The zero-order chi connectivity index (χ0) is 4.41. The Kier molecular flexibility index (Phi) is 1.05. The number of hydrogen-bond acceptors (Lipinski definition) is 2. The zero-order valence-corrected chi connectivity index (χ0v) is 4.28. The summed E-state index contributed by atoms with van der Waals surface area (Å²) in [6.45, 7) is 0. The lowest BCUT2D eigenvalue weighted by Crippen LogP contribution is -2.09. The molecule has 0 saturated heterocycles. The van der Waals surface area contributed by atoms with Crippen LogP contribution in [0.1, 0.15) is 6.42 Å². The number of hydrogen-bond donors (Lipinski definition) is 2. The third-order valence-electron chi connectivity index (χ3n) is 0.766. The SMILES string of the molecule is SC1CC=CN1. The van der Waals surface area contributed by atoms with Gasteiger partial charge in [-0.3, -0.25) is 0 Å². The normalized spacial score (nSPS) is 30.5. The van der Waals surface area contributed by atoms with Gasteiger partial charge in [0.15, 0.2) is 0 Å². The summed E-state index contributed by atoms with van der Waals surface area (Å²) in [6.07, 6.45) is 5.05. The van der Waals surface area contributed by atoms with Crippen LogP contribution < -0.4 is 5.32 Å². The fourth-order valence-electron chi connectivity index (χ4n) is 0.444. The Balaban J connectivity index is 2.32. The Hall–Kier alpha value is -0.110. The van der Waals surface area contributed by atoms with E-state index < -0.39 is 0 Å². The molecule has 1 atom stereocenters. The van der Waals surface area contributed by atoms with Gasteiger partial charge in [0.2, 0.25) is 0 Å². The van der Waals surface area contributed by atoms with Crippen molar-refractivity contribution < 1.29 is 0 Å². The van der Waals surface area contributed by atoms with Crippen LogP contribution in [0.15, 0.2) is 12.3 Å². The van der Waals surface area contributed by atoms with Crippen molar-refractivity contribution in [1.82, 2.24) is 5.32 Å². The lowest BCUT2D eigenvalue weighted by atomic mass is 10.5. The second kappa shape index (κ2) is 1.56. The summed E-state index contributed by atoms with van der Waals surface area (Å²) in [7, 11) is 0. The minimum atomic E-state index is 0.380. The third kappa shape index (κ3) is 0.684. The van der Waals surface area contributed by atoms with E-state index in [2.05, 4.69) is 24.0 Å². The molecule has 0 aliphatic carbocycles. The van der Waals surface area contributed by atoms with Gasteiger partial charge in [0.25, 0.3) is 0 Å². The maximum atomic E-state index is 4.12. The monoisotopic (exact) mass is 101 g/mol. The molecule has 0 aromatic heterocycles. The maximum Gasteiger partial charge on any atom is 0.0723 e. The van der Waals surface area contributed by atoms with Gasteiger partial charge in [-0.05, 0) is 12.6 Å². The number of nitrogens with one attached hydrogen (secondary N) is 1. The van der Waals surface area contributed by atoms with Crippen LogP contribution in [-0.4, -0.2) is 5.37 Å². The molecule has 1 nitrogen and oxygen atoms in total. The summed E-state index contributed by atoms with van der Waals surface area (Å²) in [6, 6.07) is 0. The van der Waals surface area contributed by atoms with Crippen LogP contribution in [0.4, 0.5) is 0 Å². The number of rotatable bonds is 0. The molecule has 0 spiro atoms. The van der Waals surface area contributed by atoms with Gasteiger partial charge in [0.05, 0.1) is 5.37 Å². The fraction of sp³-hybridized carbons (Fsp3) is 0.500. The van der Waals surface area contributed by atoms with E-state index in [4.69, 9.17) is 0 Å². The highest BCUT2D eigenvalue weighted by Gasteiger charge is 1.98. The lowest BCUT2D eigenvalue weighted by Gasteiger charge is -1.96. The fourth-order valence-corrected chi connectivity index (χ4v) is 0.652. The van der Waals surface area contributed by atoms with Gasteiger partial charge in [-0.1, -0.05) is 6.08 Å². The number of thiol groups is 1. The first-order valence-electron chi connectivity index (χ1n) is 1.99. The van der Waals surface area contributed by atoms with E-state index in [1.165, 1.54) is 0 Å². The molecule has 1 aliphatic rings. The van der Waals surface area contributed by atoms with E-state index in [0.717, 1.165) is 6.42 Å². The molecule has 0 bridgehead atoms. The molecule has 1 unspecified atom stereocenters. The van der Waals surface area contributed by atoms with E-state index in [1.54, 1.807) is 0 Å². The van der Waals surface area contributed by atoms with Crippen molar-refractivity contribution in [2.24, 2.45) is 0 Å². The van der Waals surface area contributed by atoms with Crippen LogP contribution >= 0.6 is 12.6 Å². The molecular weight excluding hydrogens is 94.1 g/mol. The Morgan fingerprint density at radius 3 is 2.83 bits per heavy atom. The van der Waals surface area contributed by atoms with Gasteiger partial charge < -0.3 is 5.32 Å². The first-order valence-corrected chi connectivity index (χ1v) is 2.50. The van der Waals surface area contributed by atoms with Gasteiger partial charge in [-0.15, -0.1) is 0 Å². The van der Waals surface area contributed by atoms with Crippen LogP contribution in [0.5, 0.6) is 0 Å². The van der Waals surface area contributed by atoms with Crippen molar-refractivity contribution in [3.8, 4) is 0 Å². The largest absolute Gasteiger partial charge is 0.379 e. The van der Waals surface area contributed by atoms with Crippen molar-refractivity contribution in [2.75, 3.05) is 0 Å². The first kappa shape index (κ1) is 4.06. The second-order valence-electron chi connectivity index (χ2n) is 1.32. The predicted molar refractivity (Wildman–Crippen MR) is 29.7 cm³/mol. The highest BCUT2D eigenvalue weighted by Crippen LogP contribution is 2.02. The molecule has 0 aromatic carbocycles. The van der Waals surface area contributed by atoms with Crippen LogP contribution in [-0.2, 0) is 0 Å². The van der Waals surface area contributed by atoms with Crippen LogP contribution in [0.2, 0.25) is 0 Å². The van der Waals surface area contributed by atoms with Gasteiger partial charge >= 0.3 is 0 Å². The predicted octanol–water partition coefficient (Wildman–Crippen LogP) is 0.749. The van der Waals surface area contributed by atoms with Crippen molar-refractivity contribution in [1.29, 1.82) is 0 Å². The molecule has 2 heteroatoms. The summed E-state index contributed by atoms with van der Waals surface area (Å²) in [5, 5.41) is 3.38. The van der Waals surface area contributed by atoms with E-state index in [1.807, 2.05) is 6.20 Å². The van der Waals surface area contributed by atoms with Gasteiger partial charge in [0.1, 0.15) is 0 Å². The molecule has 0 fully saturated rings. The highest BCUT2D eigenvalue weighted by atomic mass is 32.1. The van der Waals surface area contributed by atoms with E-state index in [-0.39, 0.29) is 0 Å².